The van der Waals surface area contributed by atoms with E-state index in [4.69, 9.17) is 11.6 Å². The Morgan fingerprint density at radius 2 is 1.95 bits per heavy atom. The van der Waals surface area contributed by atoms with Gasteiger partial charge in [-0.3, -0.25) is 10.1 Å². The molecule has 0 aliphatic heterocycles. The monoisotopic (exact) mass is 334 g/mol. The van der Waals surface area contributed by atoms with Gasteiger partial charge in [-0.15, -0.1) is 11.6 Å². The summed E-state index contributed by atoms with van der Waals surface area (Å²) < 4.78 is 25.1. The van der Waals surface area contributed by atoms with Gasteiger partial charge in [0.05, 0.1) is 9.82 Å². The molecule has 0 aromatic heterocycles. The molecule has 0 aliphatic rings. The van der Waals surface area contributed by atoms with Crippen LogP contribution in [0, 0.1) is 10.1 Å². The van der Waals surface area contributed by atoms with Gasteiger partial charge < -0.3 is 0 Å². The smallest absolute Gasteiger partial charge is 0.258 e. The van der Waals surface area contributed by atoms with Crippen LogP contribution in [0.2, 0.25) is 0 Å². The first kappa shape index (κ1) is 17.9. The van der Waals surface area contributed by atoms with E-state index in [0.717, 1.165) is 10.4 Å². The fourth-order valence-corrected chi connectivity index (χ4v) is 3.04. The highest BCUT2D eigenvalue weighted by Crippen LogP contribution is 2.34. The van der Waals surface area contributed by atoms with Gasteiger partial charge in [-0.1, -0.05) is 19.9 Å². The Labute approximate surface area is 129 Å². The summed E-state index contributed by atoms with van der Waals surface area (Å²) in [6, 6.07) is 3.96. The predicted molar refractivity (Wildman–Crippen MR) is 82.3 cm³/mol. The van der Waals surface area contributed by atoms with Crippen LogP contribution in [0.15, 0.2) is 23.1 Å². The van der Waals surface area contributed by atoms with Gasteiger partial charge in [0.1, 0.15) is 0 Å². The molecule has 2 atom stereocenters. The Balaban J connectivity index is 3.43. The van der Waals surface area contributed by atoms with E-state index in [-0.39, 0.29) is 21.9 Å². The SMILES string of the molecule is CCC(Cl)C(C)c1ccc(S(=O)(=O)N(C)C)cc1[N+](=O)[O-]. The highest BCUT2D eigenvalue weighted by molar-refractivity contribution is 7.89. The number of nitro benzene ring substituents is 1. The number of rotatable bonds is 6. The summed E-state index contributed by atoms with van der Waals surface area (Å²) in [6.45, 7) is 3.69. The molecule has 118 valence electrons. The topological polar surface area (TPSA) is 80.5 Å². The van der Waals surface area contributed by atoms with Crippen molar-refractivity contribution in [3.8, 4) is 0 Å². The van der Waals surface area contributed by atoms with Crippen molar-refractivity contribution in [2.45, 2.75) is 36.5 Å². The lowest BCUT2D eigenvalue weighted by Crippen LogP contribution is -2.22. The molecule has 1 rings (SSSR count). The quantitative estimate of drug-likeness (QED) is 0.455. The van der Waals surface area contributed by atoms with Crippen LogP contribution in [0.4, 0.5) is 5.69 Å². The second kappa shape index (κ2) is 6.72. The van der Waals surface area contributed by atoms with Crippen molar-refractivity contribution in [1.82, 2.24) is 4.31 Å². The molecule has 0 bridgehead atoms. The second-order valence-corrected chi connectivity index (χ2v) is 7.69. The fraction of sp³-hybridized carbons (Fsp3) is 0.538. The number of alkyl halides is 1. The van der Waals surface area contributed by atoms with E-state index >= 15 is 0 Å². The molecule has 1 aromatic rings. The zero-order valence-electron chi connectivity index (χ0n) is 12.4. The first-order valence-corrected chi connectivity index (χ1v) is 8.35. The van der Waals surface area contributed by atoms with Crippen LogP contribution in [-0.2, 0) is 10.0 Å². The highest BCUT2D eigenvalue weighted by atomic mass is 35.5. The lowest BCUT2D eigenvalue weighted by atomic mass is 9.94. The number of hydrogen-bond donors (Lipinski definition) is 0. The van der Waals surface area contributed by atoms with Crippen molar-refractivity contribution >= 4 is 27.3 Å². The van der Waals surface area contributed by atoms with E-state index in [1.165, 1.54) is 26.2 Å². The summed E-state index contributed by atoms with van der Waals surface area (Å²) in [7, 11) is -0.948. The van der Waals surface area contributed by atoms with Crippen molar-refractivity contribution < 1.29 is 13.3 Å². The number of nitrogens with zero attached hydrogens (tertiary/aromatic N) is 2. The molecule has 0 aliphatic carbocycles. The minimum Gasteiger partial charge on any atom is -0.258 e. The Morgan fingerprint density at radius 1 is 1.38 bits per heavy atom. The molecule has 0 saturated heterocycles. The molecule has 0 saturated carbocycles. The van der Waals surface area contributed by atoms with Crippen LogP contribution in [0.1, 0.15) is 31.7 Å². The van der Waals surface area contributed by atoms with Gasteiger partial charge in [0, 0.05) is 37.0 Å². The van der Waals surface area contributed by atoms with E-state index in [1.807, 2.05) is 6.92 Å². The first-order valence-electron chi connectivity index (χ1n) is 6.47. The number of halogens is 1. The second-order valence-electron chi connectivity index (χ2n) is 4.98. The Morgan fingerprint density at radius 3 is 2.38 bits per heavy atom. The van der Waals surface area contributed by atoms with Gasteiger partial charge in [0.25, 0.3) is 5.69 Å². The molecular weight excluding hydrogens is 316 g/mol. The summed E-state index contributed by atoms with van der Waals surface area (Å²) in [5.74, 6) is -0.242. The molecule has 1 aromatic carbocycles. The van der Waals surface area contributed by atoms with Crippen molar-refractivity contribution in [3.63, 3.8) is 0 Å². The molecule has 0 heterocycles. The van der Waals surface area contributed by atoms with Crippen molar-refractivity contribution in [2.75, 3.05) is 14.1 Å². The average molecular weight is 335 g/mol. The molecule has 0 amide bonds. The van der Waals surface area contributed by atoms with Gasteiger partial charge in [0.2, 0.25) is 10.0 Å². The number of sulfonamides is 1. The van der Waals surface area contributed by atoms with E-state index < -0.39 is 14.9 Å². The Kier molecular flexibility index (Phi) is 5.72. The Hall–Kier alpha value is -1.18. The maximum Gasteiger partial charge on any atom is 0.274 e. The molecule has 8 heteroatoms. The average Bonchev–Trinajstić information content (AvgIpc) is 2.44. The Bertz CT molecular complexity index is 631. The van der Waals surface area contributed by atoms with Crippen LogP contribution >= 0.6 is 11.6 Å². The number of hydrogen-bond acceptors (Lipinski definition) is 4. The molecule has 0 radical (unpaired) electrons. The normalized spacial score (nSPS) is 15.0. The maximum absolute atomic E-state index is 12.1. The summed E-state index contributed by atoms with van der Waals surface area (Å²) in [4.78, 5) is 10.6. The van der Waals surface area contributed by atoms with Crippen LogP contribution in [0.3, 0.4) is 0 Å². The van der Waals surface area contributed by atoms with E-state index in [1.54, 1.807) is 6.92 Å². The van der Waals surface area contributed by atoms with Gasteiger partial charge in [-0.25, -0.2) is 12.7 Å². The largest absolute Gasteiger partial charge is 0.274 e. The van der Waals surface area contributed by atoms with Crippen LogP contribution < -0.4 is 0 Å². The van der Waals surface area contributed by atoms with E-state index in [9.17, 15) is 18.5 Å². The number of benzene rings is 1. The zero-order chi connectivity index (χ0) is 16.4. The molecule has 21 heavy (non-hydrogen) atoms. The van der Waals surface area contributed by atoms with Gasteiger partial charge in [-0.05, 0) is 12.5 Å². The standard InChI is InChI=1S/C13H19ClN2O4S/c1-5-12(14)9(2)11-7-6-10(8-13(11)16(17)18)21(19,20)15(3)4/h6-9,12H,5H2,1-4H3. The number of nitro groups is 1. The molecule has 0 spiro atoms. The predicted octanol–water partition coefficient (Wildman–Crippen LogP) is 2.97. The molecular formula is C13H19ClN2O4S. The third-order valence-electron chi connectivity index (χ3n) is 3.40. The van der Waals surface area contributed by atoms with Crippen molar-refractivity contribution in [3.05, 3.63) is 33.9 Å². The summed E-state index contributed by atoms with van der Waals surface area (Å²) in [5.41, 5.74) is 0.226. The van der Waals surface area contributed by atoms with Crippen LogP contribution in [-0.4, -0.2) is 37.1 Å². The fourth-order valence-electron chi connectivity index (χ4n) is 1.99. The van der Waals surface area contributed by atoms with Gasteiger partial charge in [-0.2, -0.15) is 0 Å². The molecule has 0 N–H and O–H groups in total. The molecule has 2 unspecified atom stereocenters. The van der Waals surface area contributed by atoms with Crippen molar-refractivity contribution in [1.29, 1.82) is 0 Å². The molecule has 0 fully saturated rings. The van der Waals surface area contributed by atoms with Crippen LogP contribution in [0.25, 0.3) is 0 Å². The van der Waals surface area contributed by atoms with Gasteiger partial charge >= 0.3 is 0 Å². The first-order chi connectivity index (χ1) is 9.62. The van der Waals surface area contributed by atoms with Crippen LogP contribution in [0.5, 0.6) is 0 Å². The third kappa shape index (κ3) is 3.72. The lowest BCUT2D eigenvalue weighted by molar-refractivity contribution is -0.385. The summed E-state index contributed by atoms with van der Waals surface area (Å²) in [5, 5.41) is 11.0. The lowest BCUT2D eigenvalue weighted by Gasteiger charge is -2.18. The molecule has 6 nitrogen and oxygen atoms in total. The van der Waals surface area contributed by atoms with E-state index in [0.29, 0.717) is 12.0 Å². The minimum atomic E-state index is -3.71. The summed E-state index contributed by atoms with van der Waals surface area (Å²) in [6.07, 6.45) is 0.664. The van der Waals surface area contributed by atoms with Crippen molar-refractivity contribution in [2.24, 2.45) is 0 Å². The zero-order valence-corrected chi connectivity index (χ0v) is 14.0. The van der Waals surface area contributed by atoms with Gasteiger partial charge in [0.15, 0.2) is 0 Å². The summed E-state index contributed by atoms with van der Waals surface area (Å²) >= 11 is 6.16. The minimum absolute atomic E-state index is 0.0993. The third-order valence-corrected chi connectivity index (χ3v) is 5.90. The maximum atomic E-state index is 12.1. The highest BCUT2D eigenvalue weighted by Gasteiger charge is 2.27. The van der Waals surface area contributed by atoms with E-state index in [2.05, 4.69) is 0 Å².